The first-order valence-corrected chi connectivity index (χ1v) is 25.1. The number of ether oxygens (including phenoxy) is 3. The number of carbonyl (C=O) groups is 3. The summed E-state index contributed by atoms with van der Waals surface area (Å²) in [6.45, 7) is 6.19. The first-order valence-electron chi connectivity index (χ1n) is 25.1. The van der Waals surface area contributed by atoms with Gasteiger partial charge in [-0.3, -0.25) is 14.4 Å². The number of hydrogen-bond donors (Lipinski definition) is 0. The van der Waals surface area contributed by atoms with Crippen molar-refractivity contribution in [2.45, 2.75) is 181 Å². The maximum atomic E-state index is 12.8. The molecule has 0 aromatic rings. The lowest BCUT2D eigenvalue weighted by atomic mass is 10.1. The Labute approximate surface area is 397 Å². The third-order valence-corrected chi connectivity index (χ3v) is 9.72. The molecule has 65 heavy (non-hydrogen) atoms. The van der Waals surface area contributed by atoms with Crippen molar-refractivity contribution >= 4 is 17.9 Å². The Kier molecular flexibility index (Phi) is 47.7. The van der Waals surface area contributed by atoms with Crippen molar-refractivity contribution < 1.29 is 28.6 Å². The topological polar surface area (TPSA) is 78.9 Å². The fraction of sp³-hybridized carbons (Fsp3) is 0.508. The van der Waals surface area contributed by atoms with Gasteiger partial charge in [0, 0.05) is 19.3 Å². The molecule has 0 aromatic heterocycles. The molecule has 0 radical (unpaired) electrons. The average molecular weight is 893 g/mol. The highest BCUT2D eigenvalue weighted by Crippen LogP contribution is 2.11. The first kappa shape index (κ1) is 60.0. The van der Waals surface area contributed by atoms with E-state index in [0.29, 0.717) is 19.3 Å². The van der Waals surface area contributed by atoms with Gasteiger partial charge in [0.15, 0.2) is 6.10 Å². The van der Waals surface area contributed by atoms with E-state index in [0.717, 1.165) is 103 Å². The van der Waals surface area contributed by atoms with Crippen molar-refractivity contribution in [3.63, 3.8) is 0 Å². The van der Waals surface area contributed by atoms with Crippen molar-refractivity contribution in [3.05, 3.63) is 158 Å². The molecule has 0 rings (SSSR count). The van der Waals surface area contributed by atoms with Crippen LogP contribution in [0.25, 0.3) is 0 Å². The van der Waals surface area contributed by atoms with Crippen LogP contribution in [0.5, 0.6) is 0 Å². The summed E-state index contributed by atoms with van der Waals surface area (Å²) in [4.78, 5) is 37.9. The Morgan fingerprint density at radius 2 is 0.692 bits per heavy atom. The number of rotatable bonds is 42. The number of carbonyl (C=O) groups excluding carboxylic acids is 3. The van der Waals surface area contributed by atoms with Crippen LogP contribution in [0.3, 0.4) is 0 Å². The van der Waals surface area contributed by atoms with E-state index >= 15 is 0 Å². The molecule has 0 saturated carbocycles. The van der Waals surface area contributed by atoms with Crippen molar-refractivity contribution in [1.29, 1.82) is 0 Å². The van der Waals surface area contributed by atoms with Gasteiger partial charge in [0.1, 0.15) is 13.2 Å². The molecule has 0 heterocycles. The van der Waals surface area contributed by atoms with Crippen LogP contribution in [0.4, 0.5) is 0 Å². The van der Waals surface area contributed by atoms with Gasteiger partial charge in [-0.15, -0.1) is 0 Å². The molecule has 0 fully saturated rings. The zero-order chi connectivity index (χ0) is 47.2. The van der Waals surface area contributed by atoms with E-state index < -0.39 is 6.10 Å². The zero-order valence-corrected chi connectivity index (χ0v) is 40.9. The van der Waals surface area contributed by atoms with E-state index in [4.69, 9.17) is 14.2 Å². The van der Waals surface area contributed by atoms with Crippen molar-refractivity contribution in [1.82, 2.24) is 0 Å². The number of allylic oxidation sites excluding steroid dienone is 26. The summed E-state index contributed by atoms with van der Waals surface area (Å²) in [5, 5.41) is 0. The molecule has 1 unspecified atom stereocenters. The number of esters is 3. The summed E-state index contributed by atoms with van der Waals surface area (Å²) in [5.41, 5.74) is 0. The molecule has 0 bridgehead atoms. The van der Waals surface area contributed by atoms with E-state index in [-0.39, 0.29) is 44.0 Å². The van der Waals surface area contributed by atoms with Crippen LogP contribution in [-0.4, -0.2) is 37.2 Å². The standard InChI is InChI=1S/C59H88O6/c1-4-7-10-13-16-19-22-25-27-29-30-32-34-37-40-43-46-49-52-58(61)64-55-56(54-63-57(60)51-48-45-42-39-36-33-24-21-18-15-12-9-6-3)65-59(62)53-50-47-44-41-38-35-31-28-26-23-20-17-14-11-8-5-2/h8-9,11-12,15-22,24-30,32-33,35-36,38-39,42,56H,4-7,10,13-14,23,31,34,37,40-41,43-55H2,1-3H3/b11-8+,12-9+,18-15+,19-16+,20-17+,24-21+,25-22+,28-26+,29-27+,32-30+,36-33+,38-35+,42-39+. The molecule has 0 aliphatic rings. The van der Waals surface area contributed by atoms with Crippen LogP contribution in [0.2, 0.25) is 0 Å². The molecule has 0 saturated heterocycles. The second kappa shape index (κ2) is 51.7. The van der Waals surface area contributed by atoms with Gasteiger partial charge in [-0.25, -0.2) is 0 Å². The normalized spacial score (nSPS) is 13.5. The lowest BCUT2D eigenvalue weighted by Gasteiger charge is -2.18. The van der Waals surface area contributed by atoms with Crippen LogP contribution in [0.15, 0.2) is 158 Å². The van der Waals surface area contributed by atoms with Gasteiger partial charge >= 0.3 is 17.9 Å². The van der Waals surface area contributed by atoms with Gasteiger partial charge in [0.25, 0.3) is 0 Å². The predicted molar refractivity (Wildman–Crippen MR) is 278 cm³/mol. The molecular weight excluding hydrogens is 805 g/mol. The smallest absolute Gasteiger partial charge is 0.306 e. The van der Waals surface area contributed by atoms with Crippen LogP contribution in [0.1, 0.15) is 175 Å². The monoisotopic (exact) mass is 893 g/mol. The summed E-state index contributed by atoms with van der Waals surface area (Å²) in [6.07, 6.45) is 75.1. The summed E-state index contributed by atoms with van der Waals surface area (Å²) in [6, 6.07) is 0. The van der Waals surface area contributed by atoms with E-state index in [1.165, 1.54) is 19.3 Å². The van der Waals surface area contributed by atoms with Gasteiger partial charge in [-0.05, 0) is 96.3 Å². The van der Waals surface area contributed by atoms with E-state index in [9.17, 15) is 14.4 Å². The maximum Gasteiger partial charge on any atom is 0.306 e. The molecule has 1 atom stereocenters. The van der Waals surface area contributed by atoms with Gasteiger partial charge < -0.3 is 14.2 Å². The van der Waals surface area contributed by atoms with Gasteiger partial charge in [0.2, 0.25) is 0 Å². The Bertz CT molecular complexity index is 1540. The van der Waals surface area contributed by atoms with Gasteiger partial charge in [-0.2, -0.15) is 0 Å². The summed E-state index contributed by atoms with van der Waals surface area (Å²) in [7, 11) is 0. The fourth-order valence-electron chi connectivity index (χ4n) is 6.00. The molecule has 0 aliphatic heterocycles. The highest BCUT2D eigenvalue weighted by atomic mass is 16.6. The minimum atomic E-state index is -0.841. The Morgan fingerprint density at radius 3 is 1.20 bits per heavy atom. The molecule has 0 aliphatic carbocycles. The first-order chi connectivity index (χ1) is 32.0. The third-order valence-electron chi connectivity index (χ3n) is 9.72. The Balaban J connectivity index is 4.63. The number of unbranched alkanes of at least 4 members (excludes halogenated alkanes) is 12. The lowest BCUT2D eigenvalue weighted by Crippen LogP contribution is -2.30. The fourth-order valence-corrected chi connectivity index (χ4v) is 6.00. The van der Waals surface area contributed by atoms with Crippen LogP contribution in [0, 0.1) is 0 Å². The van der Waals surface area contributed by atoms with E-state index in [1.807, 2.05) is 54.7 Å². The van der Waals surface area contributed by atoms with Crippen molar-refractivity contribution in [2.75, 3.05) is 13.2 Å². The van der Waals surface area contributed by atoms with Crippen molar-refractivity contribution in [3.8, 4) is 0 Å². The molecule has 0 spiro atoms. The molecule has 0 amide bonds. The average Bonchev–Trinajstić information content (AvgIpc) is 3.30. The maximum absolute atomic E-state index is 12.8. The molecule has 0 N–H and O–H groups in total. The Hall–Kier alpha value is -4.97. The van der Waals surface area contributed by atoms with Crippen LogP contribution >= 0.6 is 0 Å². The molecule has 0 aromatic carbocycles. The van der Waals surface area contributed by atoms with E-state index in [2.05, 4.69) is 124 Å². The Morgan fingerprint density at radius 1 is 0.338 bits per heavy atom. The van der Waals surface area contributed by atoms with Crippen LogP contribution < -0.4 is 0 Å². The zero-order valence-electron chi connectivity index (χ0n) is 40.9. The second-order valence-electron chi connectivity index (χ2n) is 15.8. The SMILES string of the molecule is CC/C=C/C=C/C=C/C=C/C=C/CCCC(=O)OCC(COC(=O)CCCCCCC/C=C/C=C/C=C/C=C/CCCCC)OC(=O)CCCCC/C=C/C/C=C/C/C=C/C/C=C/CC. The molecule has 6 heteroatoms. The van der Waals surface area contributed by atoms with Crippen molar-refractivity contribution in [2.24, 2.45) is 0 Å². The molecular formula is C59H88O6. The summed E-state index contributed by atoms with van der Waals surface area (Å²) < 4.78 is 16.7. The molecule has 360 valence electrons. The second-order valence-corrected chi connectivity index (χ2v) is 15.8. The summed E-state index contributed by atoms with van der Waals surface area (Å²) >= 11 is 0. The minimum Gasteiger partial charge on any atom is -0.462 e. The predicted octanol–water partition coefficient (Wildman–Crippen LogP) is 16.6. The highest BCUT2D eigenvalue weighted by molar-refractivity contribution is 5.71. The minimum absolute atomic E-state index is 0.134. The van der Waals surface area contributed by atoms with E-state index in [1.54, 1.807) is 0 Å². The lowest BCUT2D eigenvalue weighted by molar-refractivity contribution is -0.167. The third kappa shape index (κ3) is 49.9. The van der Waals surface area contributed by atoms with Gasteiger partial charge in [-0.1, -0.05) is 217 Å². The number of hydrogen-bond acceptors (Lipinski definition) is 6. The largest absolute Gasteiger partial charge is 0.462 e. The van der Waals surface area contributed by atoms with Gasteiger partial charge in [0.05, 0.1) is 0 Å². The quantitative estimate of drug-likeness (QED) is 0.0200. The molecule has 6 nitrogen and oxygen atoms in total. The van der Waals surface area contributed by atoms with Crippen LogP contribution in [-0.2, 0) is 28.6 Å². The summed E-state index contributed by atoms with van der Waals surface area (Å²) in [5.74, 6) is -1.08. The highest BCUT2D eigenvalue weighted by Gasteiger charge is 2.19.